The predicted molar refractivity (Wildman–Crippen MR) is 117 cm³/mol. The Hall–Kier alpha value is -3.92. The third-order valence-corrected chi connectivity index (χ3v) is 5.17. The Morgan fingerprint density at radius 3 is 1.27 bits per heavy atom. The van der Waals surface area contributed by atoms with Gasteiger partial charge in [0.05, 0.1) is 25.3 Å². The third-order valence-electron chi connectivity index (χ3n) is 5.17. The van der Waals surface area contributed by atoms with Crippen molar-refractivity contribution in [2.75, 3.05) is 14.2 Å². The van der Waals surface area contributed by atoms with E-state index < -0.39 is 0 Å². The standard InChI is InChI=1S/C26H20O4/c1-29-25(27)23-11-5-3-9-21(23)19-15-7-14-18-17(19)13-8-16-20(18)22-10-4-6-12-24(22)26(28)30-2/h3-16H,1-2H3. The van der Waals surface area contributed by atoms with E-state index >= 15 is 0 Å². The average Bonchev–Trinajstić information content (AvgIpc) is 2.82. The van der Waals surface area contributed by atoms with Crippen molar-refractivity contribution in [3.8, 4) is 22.3 Å². The Balaban J connectivity index is 1.99. The van der Waals surface area contributed by atoms with Crippen molar-refractivity contribution in [3.05, 3.63) is 96.1 Å². The van der Waals surface area contributed by atoms with Crippen LogP contribution in [0.15, 0.2) is 84.9 Å². The second-order valence-corrected chi connectivity index (χ2v) is 6.78. The molecule has 4 aromatic rings. The molecule has 0 atom stereocenters. The topological polar surface area (TPSA) is 52.6 Å². The van der Waals surface area contributed by atoms with E-state index in [1.165, 1.54) is 14.2 Å². The highest BCUT2D eigenvalue weighted by Gasteiger charge is 2.18. The van der Waals surface area contributed by atoms with Crippen LogP contribution < -0.4 is 0 Å². The first kappa shape index (κ1) is 19.4. The first-order chi connectivity index (χ1) is 14.7. The molecule has 4 nitrogen and oxygen atoms in total. The number of carbonyl (C=O) groups is 2. The lowest BCUT2D eigenvalue weighted by Crippen LogP contribution is -2.04. The van der Waals surface area contributed by atoms with Gasteiger partial charge in [-0.25, -0.2) is 9.59 Å². The van der Waals surface area contributed by atoms with Gasteiger partial charge in [0, 0.05) is 0 Å². The molecule has 0 aliphatic rings. The Morgan fingerprint density at radius 1 is 0.500 bits per heavy atom. The highest BCUT2D eigenvalue weighted by molar-refractivity contribution is 6.10. The largest absolute Gasteiger partial charge is 0.465 e. The van der Waals surface area contributed by atoms with Gasteiger partial charge < -0.3 is 9.47 Å². The molecule has 0 amide bonds. The first-order valence-electron chi connectivity index (χ1n) is 9.53. The number of rotatable bonds is 4. The van der Waals surface area contributed by atoms with Gasteiger partial charge in [0.1, 0.15) is 0 Å². The number of methoxy groups -OCH3 is 2. The molecule has 4 aromatic carbocycles. The summed E-state index contributed by atoms with van der Waals surface area (Å²) in [6.45, 7) is 0. The van der Waals surface area contributed by atoms with Crippen LogP contribution in [0.1, 0.15) is 20.7 Å². The van der Waals surface area contributed by atoms with Gasteiger partial charge in [-0.3, -0.25) is 0 Å². The molecule has 0 fully saturated rings. The van der Waals surface area contributed by atoms with E-state index in [0.717, 1.165) is 33.0 Å². The zero-order valence-corrected chi connectivity index (χ0v) is 16.7. The first-order valence-corrected chi connectivity index (χ1v) is 9.53. The molecule has 30 heavy (non-hydrogen) atoms. The van der Waals surface area contributed by atoms with E-state index in [2.05, 4.69) is 0 Å². The van der Waals surface area contributed by atoms with E-state index in [4.69, 9.17) is 9.47 Å². The Labute approximate surface area is 174 Å². The zero-order valence-electron chi connectivity index (χ0n) is 16.7. The summed E-state index contributed by atoms with van der Waals surface area (Å²) in [5, 5.41) is 1.96. The maximum absolute atomic E-state index is 12.3. The SMILES string of the molecule is COC(=O)c1ccccc1-c1cccc2c(-c3ccccc3C(=O)OC)cccc12. The highest BCUT2D eigenvalue weighted by Crippen LogP contribution is 2.37. The molecule has 0 spiro atoms. The lowest BCUT2D eigenvalue weighted by molar-refractivity contribution is 0.0592. The second-order valence-electron chi connectivity index (χ2n) is 6.78. The molecule has 0 radical (unpaired) electrons. The number of benzene rings is 4. The molecule has 0 N–H and O–H groups in total. The monoisotopic (exact) mass is 396 g/mol. The fourth-order valence-electron chi connectivity index (χ4n) is 3.79. The Kier molecular flexibility index (Phi) is 5.31. The average molecular weight is 396 g/mol. The zero-order chi connectivity index (χ0) is 21.1. The minimum atomic E-state index is -0.380. The van der Waals surface area contributed by atoms with Crippen molar-refractivity contribution in [1.29, 1.82) is 0 Å². The maximum atomic E-state index is 12.3. The van der Waals surface area contributed by atoms with Crippen LogP contribution in [0.5, 0.6) is 0 Å². The number of carbonyl (C=O) groups excluding carboxylic acids is 2. The van der Waals surface area contributed by atoms with Crippen molar-refractivity contribution in [2.24, 2.45) is 0 Å². The van der Waals surface area contributed by atoms with Gasteiger partial charge in [-0.1, -0.05) is 72.8 Å². The summed E-state index contributed by atoms with van der Waals surface area (Å²) in [7, 11) is 2.76. The number of fused-ring (bicyclic) bond motifs is 1. The van der Waals surface area contributed by atoms with Crippen molar-refractivity contribution in [2.45, 2.75) is 0 Å². The summed E-state index contributed by atoms with van der Waals surface area (Å²) < 4.78 is 9.94. The van der Waals surface area contributed by atoms with Crippen LogP contribution in [-0.2, 0) is 9.47 Å². The van der Waals surface area contributed by atoms with Crippen molar-refractivity contribution < 1.29 is 19.1 Å². The molecule has 0 saturated heterocycles. The smallest absolute Gasteiger partial charge is 0.338 e. The molecule has 0 heterocycles. The molecule has 148 valence electrons. The lowest BCUT2D eigenvalue weighted by atomic mass is 9.90. The summed E-state index contributed by atoms with van der Waals surface area (Å²) in [5.74, 6) is -0.760. The van der Waals surface area contributed by atoms with Crippen molar-refractivity contribution in [1.82, 2.24) is 0 Å². The van der Waals surface area contributed by atoms with Crippen LogP contribution in [0.3, 0.4) is 0 Å². The van der Waals surface area contributed by atoms with Gasteiger partial charge in [0.15, 0.2) is 0 Å². The van der Waals surface area contributed by atoms with Gasteiger partial charge in [-0.15, -0.1) is 0 Å². The van der Waals surface area contributed by atoms with Gasteiger partial charge in [-0.05, 0) is 45.2 Å². The van der Waals surface area contributed by atoms with Gasteiger partial charge in [-0.2, -0.15) is 0 Å². The quantitative estimate of drug-likeness (QED) is 0.412. The second kappa shape index (κ2) is 8.21. The van der Waals surface area contributed by atoms with E-state index in [9.17, 15) is 9.59 Å². The molecule has 0 aliphatic heterocycles. The molecule has 0 aliphatic carbocycles. The fourth-order valence-corrected chi connectivity index (χ4v) is 3.79. The van der Waals surface area contributed by atoms with Crippen LogP contribution in [0.25, 0.3) is 33.0 Å². The normalized spacial score (nSPS) is 10.6. The van der Waals surface area contributed by atoms with E-state index in [1.54, 1.807) is 12.1 Å². The molecule has 4 heteroatoms. The minimum absolute atomic E-state index is 0.380. The summed E-state index contributed by atoms with van der Waals surface area (Å²) in [4.78, 5) is 24.6. The Morgan fingerprint density at radius 2 is 0.867 bits per heavy atom. The highest BCUT2D eigenvalue weighted by atomic mass is 16.5. The van der Waals surface area contributed by atoms with Gasteiger partial charge in [0.2, 0.25) is 0 Å². The van der Waals surface area contributed by atoms with Crippen LogP contribution in [-0.4, -0.2) is 26.2 Å². The fraction of sp³-hybridized carbons (Fsp3) is 0.0769. The molecule has 0 unspecified atom stereocenters. The molecule has 0 bridgehead atoms. The van der Waals surface area contributed by atoms with E-state index in [1.807, 2.05) is 72.8 Å². The third kappa shape index (κ3) is 3.33. The number of esters is 2. The Bertz CT molecular complexity index is 1160. The summed E-state index contributed by atoms with van der Waals surface area (Å²) in [6, 6.07) is 26.7. The van der Waals surface area contributed by atoms with Gasteiger partial charge >= 0.3 is 11.9 Å². The number of ether oxygens (including phenoxy) is 2. The van der Waals surface area contributed by atoms with Crippen molar-refractivity contribution in [3.63, 3.8) is 0 Å². The summed E-state index contributed by atoms with van der Waals surface area (Å²) in [5.41, 5.74) is 4.46. The summed E-state index contributed by atoms with van der Waals surface area (Å²) >= 11 is 0. The van der Waals surface area contributed by atoms with Crippen LogP contribution in [0, 0.1) is 0 Å². The van der Waals surface area contributed by atoms with Crippen LogP contribution in [0.4, 0.5) is 0 Å². The summed E-state index contributed by atoms with van der Waals surface area (Å²) in [6.07, 6.45) is 0. The predicted octanol–water partition coefficient (Wildman–Crippen LogP) is 5.75. The van der Waals surface area contributed by atoms with Crippen LogP contribution >= 0.6 is 0 Å². The number of hydrogen-bond donors (Lipinski definition) is 0. The van der Waals surface area contributed by atoms with E-state index in [0.29, 0.717) is 11.1 Å². The van der Waals surface area contributed by atoms with E-state index in [-0.39, 0.29) is 11.9 Å². The van der Waals surface area contributed by atoms with Gasteiger partial charge in [0.25, 0.3) is 0 Å². The molecule has 0 saturated carbocycles. The molecular weight excluding hydrogens is 376 g/mol. The minimum Gasteiger partial charge on any atom is -0.465 e. The molecule has 4 rings (SSSR count). The molecular formula is C26H20O4. The van der Waals surface area contributed by atoms with Crippen LogP contribution in [0.2, 0.25) is 0 Å². The molecule has 0 aromatic heterocycles. The van der Waals surface area contributed by atoms with Crippen molar-refractivity contribution >= 4 is 22.7 Å². The maximum Gasteiger partial charge on any atom is 0.338 e. The number of hydrogen-bond acceptors (Lipinski definition) is 4. The lowest BCUT2D eigenvalue weighted by Gasteiger charge is -2.15.